The number of hydrogen-bond acceptors (Lipinski definition) is 5. The second-order valence-electron chi connectivity index (χ2n) is 5.42. The molecule has 0 atom stereocenters. The van der Waals surface area contributed by atoms with E-state index in [0.29, 0.717) is 9.23 Å². The largest absolute Gasteiger partial charge is 0.481 e. The van der Waals surface area contributed by atoms with E-state index in [1.165, 1.54) is 16.7 Å². The quantitative estimate of drug-likeness (QED) is 0.651. The lowest BCUT2D eigenvalue weighted by molar-refractivity contribution is -0.137. The van der Waals surface area contributed by atoms with E-state index in [0.717, 1.165) is 16.8 Å². The van der Waals surface area contributed by atoms with Crippen LogP contribution in [0.5, 0.6) is 0 Å². The van der Waals surface area contributed by atoms with Crippen LogP contribution in [0.2, 0.25) is 0 Å². The highest BCUT2D eigenvalue weighted by Gasteiger charge is 2.32. The van der Waals surface area contributed by atoms with Crippen LogP contribution < -0.4 is 4.90 Å². The Morgan fingerprint density at radius 1 is 1.43 bits per heavy atom. The topological polar surface area (TPSA) is 60.9 Å². The van der Waals surface area contributed by atoms with E-state index >= 15 is 0 Å². The van der Waals surface area contributed by atoms with Crippen molar-refractivity contribution >= 4 is 51.9 Å². The first-order valence-electron chi connectivity index (χ1n) is 7.04. The molecule has 1 aromatic carbocycles. The van der Waals surface area contributed by atoms with E-state index in [1.807, 2.05) is 44.1 Å². The minimum absolute atomic E-state index is 0.107. The van der Waals surface area contributed by atoms with Gasteiger partial charge in [-0.05, 0) is 36.3 Å². The van der Waals surface area contributed by atoms with Gasteiger partial charge in [0.2, 0.25) is 0 Å². The van der Waals surface area contributed by atoms with Crippen LogP contribution in [0.3, 0.4) is 0 Å². The Balaban J connectivity index is 2.20. The van der Waals surface area contributed by atoms with Crippen molar-refractivity contribution in [3.05, 3.63) is 34.2 Å². The van der Waals surface area contributed by atoms with Crippen molar-refractivity contribution in [2.75, 3.05) is 25.5 Å². The van der Waals surface area contributed by atoms with Gasteiger partial charge in [-0.3, -0.25) is 14.5 Å². The van der Waals surface area contributed by atoms with Crippen molar-refractivity contribution in [2.24, 2.45) is 0 Å². The van der Waals surface area contributed by atoms with Gasteiger partial charge in [0.1, 0.15) is 4.32 Å². The molecule has 1 fully saturated rings. The minimum Gasteiger partial charge on any atom is -0.481 e. The monoisotopic (exact) mass is 350 g/mol. The standard InChI is InChI=1S/C16H18N2O3S2/c1-10-8-11(4-5-12(10)17(2)3)9-13-15(21)18(16(22)23-13)7-6-14(19)20/h4-5,8-9H,6-7H2,1-3H3,(H,19,20)/b13-9-. The molecule has 1 aliphatic rings. The van der Waals surface area contributed by atoms with Crippen molar-refractivity contribution in [2.45, 2.75) is 13.3 Å². The maximum atomic E-state index is 12.3. The Kier molecular flexibility index (Phi) is 5.43. The highest BCUT2D eigenvalue weighted by Crippen LogP contribution is 2.33. The lowest BCUT2D eigenvalue weighted by Gasteiger charge is -2.15. The van der Waals surface area contributed by atoms with Gasteiger partial charge in [-0.1, -0.05) is 30.0 Å². The van der Waals surface area contributed by atoms with E-state index in [-0.39, 0.29) is 18.9 Å². The first kappa shape index (κ1) is 17.5. The molecule has 0 saturated carbocycles. The number of carboxylic acid groups (broad SMARTS) is 1. The van der Waals surface area contributed by atoms with Crippen LogP contribution in [0, 0.1) is 6.92 Å². The summed E-state index contributed by atoms with van der Waals surface area (Å²) in [4.78, 5) is 26.9. The van der Waals surface area contributed by atoms with Gasteiger partial charge in [-0.15, -0.1) is 0 Å². The average molecular weight is 350 g/mol. The molecule has 7 heteroatoms. The van der Waals surface area contributed by atoms with Gasteiger partial charge >= 0.3 is 5.97 Å². The predicted octanol–water partition coefficient (Wildman–Crippen LogP) is 2.74. The zero-order chi connectivity index (χ0) is 17.1. The number of nitrogens with zero attached hydrogens (tertiary/aromatic N) is 2. The van der Waals surface area contributed by atoms with Crippen molar-refractivity contribution in [3.8, 4) is 0 Å². The molecule has 1 N–H and O–H groups in total. The second kappa shape index (κ2) is 7.14. The molecule has 0 aliphatic carbocycles. The number of amides is 1. The molecular weight excluding hydrogens is 332 g/mol. The molecule has 1 aromatic rings. The lowest BCUT2D eigenvalue weighted by atomic mass is 10.1. The lowest BCUT2D eigenvalue weighted by Crippen LogP contribution is -2.30. The molecule has 0 unspecified atom stereocenters. The highest BCUT2D eigenvalue weighted by molar-refractivity contribution is 8.26. The molecule has 1 amide bonds. The van der Waals surface area contributed by atoms with Crippen LogP contribution in [0.1, 0.15) is 17.5 Å². The first-order chi connectivity index (χ1) is 10.8. The third-order valence-corrected chi connectivity index (χ3v) is 4.80. The number of carbonyl (C=O) groups is 2. The SMILES string of the molecule is Cc1cc(/C=C2\SC(=S)N(CCC(=O)O)C2=O)ccc1N(C)C. The highest BCUT2D eigenvalue weighted by atomic mass is 32.2. The molecule has 23 heavy (non-hydrogen) atoms. The predicted molar refractivity (Wildman–Crippen MR) is 97.6 cm³/mol. The van der Waals surface area contributed by atoms with E-state index in [9.17, 15) is 9.59 Å². The van der Waals surface area contributed by atoms with Crippen LogP contribution in [-0.2, 0) is 9.59 Å². The maximum Gasteiger partial charge on any atom is 0.305 e. The summed E-state index contributed by atoms with van der Waals surface area (Å²) in [6.07, 6.45) is 1.68. The zero-order valence-electron chi connectivity index (χ0n) is 13.2. The number of anilines is 1. The molecule has 1 saturated heterocycles. The van der Waals surface area contributed by atoms with Gasteiger partial charge in [0.15, 0.2) is 0 Å². The van der Waals surface area contributed by atoms with Gasteiger partial charge < -0.3 is 10.0 Å². The molecule has 122 valence electrons. The second-order valence-corrected chi connectivity index (χ2v) is 7.09. The Morgan fingerprint density at radius 2 is 2.13 bits per heavy atom. The van der Waals surface area contributed by atoms with E-state index in [2.05, 4.69) is 0 Å². The van der Waals surface area contributed by atoms with Gasteiger partial charge in [-0.2, -0.15) is 0 Å². The fraction of sp³-hybridized carbons (Fsp3) is 0.312. The first-order valence-corrected chi connectivity index (χ1v) is 8.27. The summed E-state index contributed by atoms with van der Waals surface area (Å²) in [5.74, 6) is -1.17. The van der Waals surface area contributed by atoms with Crippen LogP contribution in [0.15, 0.2) is 23.1 Å². The van der Waals surface area contributed by atoms with Crippen molar-refractivity contribution in [1.82, 2.24) is 4.90 Å². The summed E-state index contributed by atoms with van der Waals surface area (Å²) < 4.78 is 0.407. The molecule has 0 spiro atoms. The van der Waals surface area contributed by atoms with Gasteiger partial charge in [0, 0.05) is 26.3 Å². The van der Waals surface area contributed by atoms with Crippen LogP contribution in [0.4, 0.5) is 5.69 Å². The van der Waals surface area contributed by atoms with Crippen molar-refractivity contribution in [3.63, 3.8) is 0 Å². The molecule has 1 heterocycles. The normalized spacial score (nSPS) is 16.3. The smallest absolute Gasteiger partial charge is 0.305 e. The van der Waals surface area contributed by atoms with E-state index < -0.39 is 5.97 Å². The minimum atomic E-state index is -0.946. The fourth-order valence-corrected chi connectivity index (χ4v) is 3.63. The number of thiocarbonyl (C=S) groups is 1. The molecule has 5 nitrogen and oxygen atoms in total. The summed E-state index contributed by atoms with van der Waals surface area (Å²) in [6, 6.07) is 5.97. The van der Waals surface area contributed by atoms with Gasteiger partial charge in [-0.25, -0.2) is 0 Å². The maximum absolute atomic E-state index is 12.3. The summed E-state index contributed by atoms with van der Waals surface area (Å²) in [7, 11) is 3.96. The Hall–Kier alpha value is -1.86. The summed E-state index contributed by atoms with van der Waals surface area (Å²) >= 11 is 6.38. The number of aliphatic carboxylic acids is 1. The van der Waals surface area contributed by atoms with Crippen molar-refractivity contribution in [1.29, 1.82) is 0 Å². The summed E-state index contributed by atoms with van der Waals surface area (Å²) in [6.45, 7) is 2.13. The van der Waals surface area contributed by atoms with Crippen molar-refractivity contribution < 1.29 is 14.7 Å². The molecule has 0 radical (unpaired) electrons. The molecule has 1 aliphatic heterocycles. The van der Waals surface area contributed by atoms with Gasteiger partial charge in [0.05, 0.1) is 11.3 Å². The number of rotatable bonds is 5. The Morgan fingerprint density at radius 3 is 2.70 bits per heavy atom. The van der Waals surface area contributed by atoms with Gasteiger partial charge in [0.25, 0.3) is 5.91 Å². The Bertz CT molecular complexity index is 699. The summed E-state index contributed by atoms with van der Waals surface area (Å²) in [5.41, 5.74) is 3.16. The number of carbonyl (C=O) groups excluding carboxylic acids is 1. The number of thioether (sulfide) groups is 1. The number of hydrogen-bond donors (Lipinski definition) is 1. The van der Waals surface area contributed by atoms with Crippen LogP contribution in [0.25, 0.3) is 6.08 Å². The van der Waals surface area contributed by atoms with E-state index in [1.54, 1.807) is 6.08 Å². The number of benzene rings is 1. The number of aryl methyl sites for hydroxylation is 1. The zero-order valence-corrected chi connectivity index (χ0v) is 14.8. The van der Waals surface area contributed by atoms with Crippen LogP contribution in [-0.4, -0.2) is 46.8 Å². The summed E-state index contributed by atoms with van der Waals surface area (Å²) in [5, 5.41) is 8.74. The number of carboxylic acids is 1. The molecule has 0 bridgehead atoms. The van der Waals surface area contributed by atoms with E-state index in [4.69, 9.17) is 17.3 Å². The third-order valence-electron chi connectivity index (χ3n) is 3.42. The molecule has 0 aromatic heterocycles. The Labute approximate surface area is 145 Å². The fourth-order valence-electron chi connectivity index (χ4n) is 2.32. The van der Waals surface area contributed by atoms with Crippen LogP contribution >= 0.6 is 24.0 Å². The molecule has 2 rings (SSSR count). The average Bonchev–Trinajstić information content (AvgIpc) is 2.71. The molecular formula is C16H18N2O3S2. The third kappa shape index (κ3) is 4.11.